The molecule has 2 aromatic carbocycles. The van der Waals surface area contributed by atoms with Gasteiger partial charge in [0.05, 0.1) is 6.61 Å². The highest BCUT2D eigenvalue weighted by molar-refractivity contribution is 5.86. The molecule has 3 aromatic rings. The standard InChI is InChI=1S/C22H24F2N2O/c23-16-4-7-18(8-5-16)27-13-3-1-2-12-26-21-9-6-17(24)14-19(21)20-15-25-11-10-22(20)26/h4-9,14,25H,1-3,10-13,15H2. The average molecular weight is 370 g/mol. The highest BCUT2D eigenvalue weighted by Gasteiger charge is 2.19. The number of aromatic nitrogens is 1. The van der Waals surface area contributed by atoms with Gasteiger partial charge in [0, 0.05) is 42.7 Å². The molecule has 5 heteroatoms. The van der Waals surface area contributed by atoms with Crippen molar-refractivity contribution in [3.05, 3.63) is 65.4 Å². The van der Waals surface area contributed by atoms with Crippen LogP contribution in [0.2, 0.25) is 0 Å². The molecule has 0 aliphatic carbocycles. The Balaban J connectivity index is 1.34. The van der Waals surface area contributed by atoms with E-state index >= 15 is 0 Å². The predicted octanol–water partition coefficient (Wildman–Crippen LogP) is 4.81. The molecule has 3 nitrogen and oxygen atoms in total. The van der Waals surface area contributed by atoms with E-state index in [1.165, 1.54) is 23.4 Å². The third-order valence-corrected chi connectivity index (χ3v) is 5.20. The van der Waals surface area contributed by atoms with Crippen LogP contribution < -0.4 is 10.1 Å². The summed E-state index contributed by atoms with van der Waals surface area (Å²) < 4.78 is 34.6. The molecule has 27 heavy (non-hydrogen) atoms. The molecule has 0 fully saturated rings. The minimum absolute atomic E-state index is 0.175. The van der Waals surface area contributed by atoms with E-state index in [4.69, 9.17) is 4.74 Å². The van der Waals surface area contributed by atoms with Gasteiger partial charge in [-0.3, -0.25) is 0 Å². The van der Waals surface area contributed by atoms with Crippen molar-refractivity contribution in [2.24, 2.45) is 0 Å². The number of unbranched alkanes of at least 4 members (excludes halogenated alkanes) is 2. The SMILES string of the molecule is Fc1ccc(OCCCCCn2c3c(c4cc(F)ccc42)CNCC3)cc1. The second-order valence-corrected chi connectivity index (χ2v) is 7.03. The summed E-state index contributed by atoms with van der Waals surface area (Å²) in [7, 11) is 0. The van der Waals surface area contributed by atoms with Crippen LogP contribution in [0.5, 0.6) is 5.75 Å². The Morgan fingerprint density at radius 1 is 0.963 bits per heavy atom. The zero-order chi connectivity index (χ0) is 18.6. The number of hydrogen-bond acceptors (Lipinski definition) is 2. The summed E-state index contributed by atoms with van der Waals surface area (Å²) >= 11 is 0. The van der Waals surface area contributed by atoms with Gasteiger partial charge in [0.25, 0.3) is 0 Å². The molecule has 0 unspecified atom stereocenters. The number of hydrogen-bond donors (Lipinski definition) is 1. The molecule has 0 bridgehead atoms. The minimum atomic E-state index is -0.250. The van der Waals surface area contributed by atoms with Crippen LogP contribution in [0.25, 0.3) is 10.9 Å². The number of nitrogens with one attached hydrogen (secondary N) is 1. The lowest BCUT2D eigenvalue weighted by Gasteiger charge is -2.17. The van der Waals surface area contributed by atoms with E-state index in [-0.39, 0.29) is 11.6 Å². The highest BCUT2D eigenvalue weighted by Crippen LogP contribution is 2.29. The predicted molar refractivity (Wildman–Crippen MR) is 103 cm³/mol. The summed E-state index contributed by atoms with van der Waals surface area (Å²) in [6.45, 7) is 3.35. The molecule has 0 saturated carbocycles. The highest BCUT2D eigenvalue weighted by atomic mass is 19.1. The molecular weight excluding hydrogens is 346 g/mol. The lowest BCUT2D eigenvalue weighted by atomic mass is 10.1. The number of rotatable bonds is 7. The molecular formula is C22H24F2N2O. The van der Waals surface area contributed by atoms with Crippen LogP contribution in [0.15, 0.2) is 42.5 Å². The zero-order valence-corrected chi connectivity index (χ0v) is 15.3. The van der Waals surface area contributed by atoms with Crippen LogP contribution in [0.4, 0.5) is 8.78 Å². The Labute approximate surface area is 157 Å². The molecule has 1 aromatic heterocycles. The van der Waals surface area contributed by atoms with Crippen molar-refractivity contribution in [2.45, 2.75) is 38.8 Å². The van der Waals surface area contributed by atoms with Crippen LogP contribution in [0.1, 0.15) is 30.5 Å². The van der Waals surface area contributed by atoms with Crippen molar-refractivity contribution in [1.82, 2.24) is 9.88 Å². The smallest absolute Gasteiger partial charge is 0.123 e. The fourth-order valence-corrected chi connectivity index (χ4v) is 3.88. The number of nitrogens with zero attached hydrogens (tertiary/aromatic N) is 1. The van der Waals surface area contributed by atoms with E-state index in [0.29, 0.717) is 12.4 Å². The minimum Gasteiger partial charge on any atom is -0.494 e. The largest absolute Gasteiger partial charge is 0.494 e. The van der Waals surface area contributed by atoms with Crippen molar-refractivity contribution in [3.8, 4) is 5.75 Å². The maximum absolute atomic E-state index is 13.7. The van der Waals surface area contributed by atoms with E-state index in [1.54, 1.807) is 24.3 Å². The first-order chi connectivity index (χ1) is 13.2. The fraction of sp³-hybridized carbons (Fsp3) is 0.364. The molecule has 0 spiro atoms. The van der Waals surface area contributed by atoms with Crippen LogP contribution in [0, 0.1) is 11.6 Å². The summed E-state index contributed by atoms with van der Waals surface area (Å²) in [5.41, 5.74) is 3.72. The summed E-state index contributed by atoms with van der Waals surface area (Å²) in [4.78, 5) is 0. The second-order valence-electron chi connectivity index (χ2n) is 7.03. The van der Waals surface area contributed by atoms with E-state index < -0.39 is 0 Å². The Morgan fingerprint density at radius 2 is 1.78 bits per heavy atom. The number of aryl methyl sites for hydroxylation is 1. The van der Waals surface area contributed by atoms with E-state index in [0.717, 1.165) is 56.2 Å². The maximum atomic E-state index is 13.7. The van der Waals surface area contributed by atoms with Crippen molar-refractivity contribution in [3.63, 3.8) is 0 Å². The van der Waals surface area contributed by atoms with Crippen LogP contribution in [-0.4, -0.2) is 17.7 Å². The second kappa shape index (κ2) is 8.09. The first kappa shape index (κ1) is 18.0. The van der Waals surface area contributed by atoms with Gasteiger partial charge >= 0.3 is 0 Å². The van der Waals surface area contributed by atoms with Gasteiger partial charge in [-0.15, -0.1) is 0 Å². The van der Waals surface area contributed by atoms with Gasteiger partial charge < -0.3 is 14.6 Å². The van der Waals surface area contributed by atoms with Crippen molar-refractivity contribution in [1.29, 1.82) is 0 Å². The van der Waals surface area contributed by atoms with E-state index in [2.05, 4.69) is 9.88 Å². The van der Waals surface area contributed by atoms with Gasteiger partial charge in [-0.05, 0) is 67.3 Å². The fourth-order valence-electron chi connectivity index (χ4n) is 3.88. The van der Waals surface area contributed by atoms with Gasteiger partial charge in [0.15, 0.2) is 0 Å². The van der Waals surface area contributed by atoms with Crippen LogP contribution in [-0.2, 0) is 19.5 Å². The lowest BCUT2D eigenvalue weighted by molar-refractivity contribution is 0.303. The number of ether oxygens (including phenoxy) is 1. The molecule has 0 amide bonds. The van der Waals surface area contributed by atoms with Crippen LogP contribution in [0.3, 0.4) is 0 Å². The zero-order valence-electron chi connectivity index (χ0n) is 15.3. The van der Waals surface area contributed by atoms with Gasteiger partial charge in [0.1, 0.15) is 17.4 Å². The van der Waals surface area contributed by atoms with Crippen molar-refractivity contribution >= 4 is 10.9 Å². The molecule has 1 N–H and O–H groups in total. The molecule has 2 heterocycles. The molecule has 0 saturated heterocycles. The maximum Gasteiger partial charge on any atom is 0.123 e. The molecule has 0 atom stereocenters. The third kappa shape index (κ3) is 3.98. The quantitative estimate of drug-likeness (QED) is 0.604. The molecule has 0 radical (unpaired) electrons. The Kier molecular flexibility index (Phi) is 5.39. The number of benzene rings is 2. The van der Waals surface area contributed by atoms with Gasteiger partial charge in [0.2, 0.25) is 0 Å². The first-order valence-electron chi connectivity index (χ1n) is 9.61. The Bertz CT molecular complexity index is 918. The van der Waals surface area contributed by atoms with Gasteiger partial charge in [-0.2, -0.15) is 0 Å². The van der Waals surface area contributed by atoms with Gasteiger partial charge in [-0.1, -0.05) is 0 Å². The van der Waals surface area contributed by atoms with Gasteiger partial charge in [-0.25, -0.2) is 8.78 Å². The van der Waals surface area contributed by atoms with E-state index in [9.17, 15) is 8.78 Å². The molecule has 1 aliphatic rings. The topological polar surface area (TPSA) is 26.2 Å². The number of halogens is 2. The molecule has 1 aliphatic heterocycles. The Morgan fingerprint density at radius 3 is 2.63 bits per heavy atom. The summed E-state index contributed by atoms with van der Waals surface area (Å²) in [6.07, 6.45) is 4.04. The summed E-state index contributed by atoms with van der Waals surface area (Å²) in [5.74, 6) is 0.280. The summed E-state index contributed by atoms with van der Waals surface area (Å²) in [5, 5.41) is 4.43. The summed E-state index contributed by atoms with van der Waals surface area (Å²) in [6, 6.07) is 11.2. The van der Waals surface area contributed by atoms with E-state index in [1.807, 2.05) is 6.07 Å². The van der Waals surface area contributed by atoms with Crippen molar-refractivity contribution in [2.75, 3.05) is 13.2 Å². The van der Waals surface area contributed by atoms with Crippen molar-refractivity contribution < 1.29 is 13.5 Å². The lowest BCUT2D eigenvalue weighted by Crippen LogP contribution is -2.24. The number of fused-ring (bicyclic) bond motifs is 3. The van der Waals surface area contributed by atoms with Crippen LogP contribution >= 0.6 is 0 Å². The monoisotopic (exact) mass is 370 g/mol. The third-order valence-electron chi connectivity index (χ3n) is 5.20. The average Bonchev–Trinajstić information content (AvgIpc) is 2.99. The normalized spacial score (nSPS) is 13.7. The molecule has 4 rings (SSSR count). The first-order valence-corrected chi connectivity index (χ1v) is 9.61. The molecule has 142 valence electrons. The Hall–Kier alpha value is -2.40.